The number of carbonyl (C=O) groups excluding carboxylic acids is 3. The zero-order chi connectivity index (χ0) is 25.3. The van der Waals surface area contributed by atoms with Crippen molar-refractivity contribution in [2.75, 3.05) is 23.6 Å². The molecule has 1 aromatic heterocycles. The van der Waals surface area contributed by atoms with Crippen LogP contribution in [0.4, 0.5) is 11.5 Å². The number of pyridine rings is 1. The molecule has 3 amide bonds. The third-order valence-electron chi connectivity index (χ3n) is 5.69. The molecule has 0 atom stereocenters. The lowest BCUT2D eigenvalue weighted by Crippen LogP contribution is -2.41. The molecule has 0 aliphatic carbocycles. The Hall–Kier alpha value is -4.40. The molecule has 0 radical (unpaired) electrons. The van der Waals surface area contributed by atoms with Gasteiger partial charge in [0.25, 0.3) is 0 Å². The van der Waals surface area contributed by atoms with Crippen molar-refractivity contribution in [2.45, 2.75) is 32.7 Å². The molecular formula is C27H28N4O5. The summed E-state index contributed by atoms with van der Waals surface area (Å²) >= 11 is 0. The zero-order valence-electron chi connectivity index (χ0n) is 20.0. The Morgan fingerprint density at radius 2 is 1.75 bits per heavy atom. The number of nitrogens with one attached hydrogen (secondary N) is 2. The van der Waals surface area contributed by atoms with Crippen LogP contribution in [0.25, 0.3) is 0 Å². The highest BCUT2D eigenvalue weighted by Gasteiger charge is 2.22. The normalized spacial score (nSPS) is 11.6. The van der Waals surface area contributed by atoms with Crippen LogP contribution in [0.1, 0.15) is 30.9 Å². The minimum atomic E-state index is -0.321. The van der Waals surface area contributed by atoms with E-state index < -0.39 is 0 Å². The molecule has 9 heteroatoms. The van der Waals surface area contributed by atoms with Crippen molar-refractivity contribution in [2.24, 2.45) is 0 Å². The summed E-state index contributed by atoms with van der Waals surface area (Å²) in [5.74, 6) is 0.781. The van der Waals surface area contributed by atoms with Crippen LogP contribution in [0.3, 0.4) is 0 Å². The van der Waals surface area contributed by atoms with Crippen LogP contribution in [0.5, 0.6) is 11.5 Å². The number of aromatic nitrogens is 1. The highest BCUT2D eigenvalue weighted by atomic mass is 16.7. The van der Waals surface area contributed by atoms with Crippen LogP contribution in [0.15, 0.2) is 66.9 Å². The summed E-state index contributed by atoms with van der Waals surface area (Å²) < 4.78 is 10.7. The molecule has 0 saturated heterocycles. The Labute approximate surface area is 209 Å². The Morgan fingerprint density at radius 1 is 0.944 bits per heavy atom. The van der Waals surface area contributed by atoms with E-state index in [-0.39, 0.29) is 50.4 Å². The number of carbonyl (C=O) groups is 3. The first kappa shape index (κ1) is 24.7. The van der Waals surface area contributed by atoms with Crippen molar-refractivity contribution in [1.29, 1.82) is 0 Å². The topological polar surface area (TPSA) is 110 Å². The molecule has 36 heavy (non-hydrogen) atoms. The van der Waals surface area contributed by atoms with Gasteiger partial charge >= 0.3 is 0 Å². The number of fused-ring (bicyclic) bond motifs is 1. The summed E-state index contributed by atoms with van der Waals surface area (Å²) in [7, 11) is 0. The van der Waals surface area contributed by atoms with Crippen molar-refractivity contribution in [3.05, 3.63) is 78.0 Å². The summed E-state index contributed by atoms with van der Waals surface area (Å²) in [6.45, 7) is 2.28. The summed E-state index contributed by atoms with van der Waals surface area (Å²) in [5.41, 5.74) is 2.45. The fraction of sp³-hybridized carbons (Fsp3) is 0.259. The average molecular weight is 489 g/mol. The predicted molar refractivity (Wildman–Crippen MR) is 135 cm³/mol. The van der Waals surface area contributed by atoms with Crippen LogP contribution in [-0.2, 0) is 27.3 Å². The molecule has 1 aliphatic rings. The largest absolute Gasteiger partial charge is 0.454 e. The Bertz CT molecular complexity index is 1230. The van der Waals surface area contributed by atoms with E-state index in [2.05, 4.69) is 15.6 Å². The lowest BCUT2D eigenvalue weighted by Gasteiger charge is -2.25. The molecule has 0 saturated carbocycles. The quantitative estimate of drug-likeness (QED) is 0.452. The number of amides is 3. The van der Waals surface area contributed by atoms with Gasteiger partial charge in [-0.25, -0.2) is 4.98 Å². The number of ether oxygens (including phenoxy) is 2. The van der Waals surface area contributed by atoms with Crippen LogP contribution in [-0.4, -0.2) is 36.0 Å². The predicted octanol–water partition coefficient (Wildman–Crippen LogP) is 3.44. The molecular weight excluding hydrogens is 460 g/mol. The molecule has 0 bridgehead atoms. The van der Waals surface area contributed by atoms with Crippen LogP contribution >= 0.6 is 0 Å². The van der Waals surface area contributed by atoms with Crippen LogP contribution < -0.4 is 25.0 Å². The maximum atomic E-state index is 13.2. The van der Waals surface area contributed by atoms with E-state index in [1.54, 1.807) is 30.5 Å². The van der Waals surface area contributed by atoms with Gasteiger partial charge in [0.2, 0.25) is 24.5 Å². The molecule has 9 nitrogen and oxygen atoms in total. The summed E-state index contributed by atoms with van der Waals surface area (Å²) in [6, 6.07) is 18.1. The van der Waals surface area contributed by atoms with Crippen molar-refractivity contribution in [3.8, 4) is 11.5 Å². The Morgan fingerprint density at radius 3 is 2.56 bits per heavy atom. The number of anilines is 2. The summed E-state index contributed by atoms with van der Waals surface area (Å²) in [4.78, 5) is 43.9. The van der Waals surface area contributed by atoms with E-state index in [9.17, 15) is 14.4 Å². The van der Waals surface area contributed by atoms with Gasteiger partial charge in [0, 0.05) is 31.3 Å². The molecule has 2 heterocycles. The second-order valence-corrected chi connectivity index (χ2v) is 8.19. The summed E-state index contributed by atoms with van der Waals surface area (Å²) in [6.07, 6.45) is 2.19. The van der Waals surface area contributed by atoms with Crippen LogP contribution in [0, 0.1) is 0 Å². The molecule has 1 aliphatic heterocycles. The van der Waals surface area contributed by atoms with Crippen LogP contribution in [0.2, 0.25) is 0 Å². The van der Waals surface area contributed by atoms with E-state index in [1.807, 2.05) is 43.3 Å². The van der Waals surface area contributed by atoms with E-state index in [0.717, 1.165) is 11.1 Å². The number of benzene rings is 2. The number of rotatable bonds is 10. The molecule has 2 aromatic carbocycles. The van der Waals surface area contributed by atoms with Crippen molar-refractivity contribution in [1.82, 2.24) is 10.3 Å². The highest BCUT2D eigenvalue weighted by molar-refractivity contribution is 6.01. The van der Waals surface area contributed by atoms with Gasteiger partial charge in [0.05, 0.1) is 0 Å². The van der Waals surface area contributed by atoms with Gasteiger partial charge in [-0.2, -0.15) is 0 Å². The molecule has 0 unspecified atom stereocenters. The summed E-state index contributed by atoms with van der Waals surface area (Å²) in [5, 5.41) is 5.54. The maximum Gasteiger partial charge on any atom is 0.240 e. The maximum absolute atomic E-state index is 13.2. The lowest BCUT2D eigenvalue weighted by molar-refractivity contribution is -0.125. The van der Waals surface area contributed by atoms with Crippen molar-refractivity contribution < 1.29 is 23.9 Å². The zero-order valence-corrected chi connectivity index (χ0v) is 20.0. The second-order valence-electron chi connectivity index (χ2n) is 8.19. The van der Waals surface area contributed by atoms with Gasteiger partial charge in [0.1, 0.15) is 12.4 Å². The number of aryl methyl sites for hydroxylation is 1. The molecule has 186 valence electrons. The molecule has 4 rings (SSSR count). The van der Waals surface area contributed by atoms with E-state index in [1.165, 1.54) is 4.90 Å². The monoisotopic (exact) mass is 488 g/mol. The smallest absolute Gasteiger partial charge is 0.240 e. The van der Waals surface area contributed by atoms with Gasteiger partial charge in [-0.1, -0.05) is 37.3 Å². The molecule has 0 spiro atoms. The average Bonchev–Trinajstić information content (AvgIpc) is 3.38. The number of hydrogen-bond donors (Lipinski definition) is 2. The Kier molecular flexibility index (Phi) is 8.12. The van der Waals surface area contributed by atoms with Gasteiger partial charge in [-0.05, 0) is 47.9 Å². The Balaban J connectivity index is 1.40. The molecule has 3 aromatic rings. The number of hydrogen-bond acceptors (Lipinski definition) is 6. The lowest BCUT2D eigenvalue weighted by atomic mass is 10.1. The molecule has 2 N–H and O–H groups in total. The molecule has 0 fully saturated rings. The van der Waals surface area contributed by atoms with E-state index in [4.69, 9.17) is 9.47 Å². The fourth-order valence-electron chi connectivity index (χ4n) is 3.83. The fourth-order valence-corrected chi connectivity index (χ4v) is 3.83. The van der Waals surface area contributed by atoms with Gasteiger partial charge in [-0.3, -0.25) is 14.4 Å². The first-order valence-corrected chi connectivity index (χ1v) is 11.8. The first-order valence-electron chi connectivity index (χ1n) is 11.8. The second kappa shape index (κ2) is 11.8. The van der Waals surface area contributed by atoms with Gasteiger partial charge < -0.3 is 25.0 Å². The van der Waals surface area contributed by atoms with Gasteiger partial charge in [-0.15, -0.1) is 0 Å². The standard InChI is InChI=1S/C27H28N4O5/c1-2-20-7-3-4-8-21(20)31(27(34)13-12-25(32)30-24-9-5-6-14-28-24)17-26(33)29-16-19-10-11-22-23(15-19)36-18-35-22/h3-11,14-15H,2,12-13,16-18H2,1H3,(H,29,33)(H,28,30,32). The number of para-hydroxylation sites is 1. The van der Waals surface area contributed by atoms with E-state index >= 15 is 0 Å². The minimum absolute atomic E-state index is 0.0288. The minimum Gasteiger partial charge on any atom is -0.454 e. The third-order valence-corrected chi connectivity index (χ3v) is 5.69. The SMILES string of the molecule is CCc1ccccc1N(CC(=O)NCc1ccc2c(c1)OCO2)C(=O)CCC(=O)Nc1ccccn1. The number of nitrogens with zero attached hydrogens (tertiary/aromatic N) is 2. The van der Waals surface area contributed by atoms with Gasteiger partial charge in [0.15, 0.2) is 11.5 Å². The van der Waals surface area contributed by atoms with E-state index in [0.29, 0.717) is 29.4 Å². The van der Waals surface area contributed by atoms with Crippen molar-refractivity contribution in [3.63, 3.8) is 0 Å². The van der Waals surface area contributed by atoms with Crippen molar-refractivity contribution >= 4 is 29.2 Å². The first-order chi connectivity index (χ1) is 17.5. The highest BCUT2D eigenvalue weighted by Crippen LogP contribution is 2.32. The third kappa shape index (κ3) is 6.38.